The Morgan fingerprint density at radius 1 is 1.23 bits per heavy atom. The fourth-order valence-corrected chi connectivity index (χ4v) is 4.44. The van der Waals surface area contributed by atoms with Gasteiger partial charge in [0.25, 0.3) is 5.91 Å². The smallest absolute Gasteiger partial charge is 0.265 e. The Hall–Kier alpha value is -1.66. The van der Waals surface area contributed by atoms with Gasteiger partial charge in [-0.2, -0.15) is 0 Å². The quantitative estimate of drug-likeness (QED) is 0.933. The van der Waals surface area contributed by atoms with Crippen LogP contribution in [0.15, 0.2) is 30.5 Å². The van der Waals surface area contributed by atoms with Gasteiger partial charge in [-0.1, -0.05) is 30.5 Å². The second kappa shape index (κ2) is 5.85. The summed E-state index contributed by atoms with van der Waals surface area (Å²) in [5, 5.41) is 0.612. The molecule has 1 saturated carbocycles. The lowest BCUT2D eigenvalue weighted by molar-refractivity contribution is 0.0982. The number of nitrogens with zero attached hydrogens (tertiary/aromatic N) is 1. The number of sulfonamides is 1. The minimum Gasteiger partial charge on any atom is -0.268 e. The van der Waals surface area contributed by atoms with Crippen molar-refractivity contribution in [2.75, 3.05) is 0 Å². The molecule has 1 heterocycles. The van der Waals surface area contributed by atoms with Gasteiger partial charge in [0.15, 0.2) is 0 Å². The van der Waals surface area contributed by atoms with Crippen LogP contribution < -0.4 is 4.72 Å². The molecule has 5 nitrogen and oxygen atoms in total. The fourth-order valence-electron chi connectivity index (χ4n) is 2.79. The van der Waals surface area contributed by atoms with Crippen molar-refractivity contribution < 1.29 is 13.2 Å². The number of pyridine rings is 1. The first-order valence-electron chi connectivity index (χ1n) is 7.07. The average molecular weight is 339 g/mol. The SMILES string of the molecule is O=C(NS(=O)(=O)C1CCCC1)c1ccnc2cc(Cl)ccc12. The van der Waals surface area contributed by atoms with Crippen molar-refractivity contribution in [1.82, 2.24) is 9.71 Å². The van der Waals surface area contributed by atoms with Crippen molar-refractivity contribution >= 4 is 38.4 Å². The third-order valence-electron chi connectivity index (χ3n) is 3.93. The molecule has 0 radical (unpaired) electrons. The van der Waals surface area contributed by atoms with E-state index in [1.165, 1.54) is 12.3 Å². The molecule has 7 heteroatoms. The summed E-state index contributed by atoms with van der Waals surface area (Å²) >= 11 is 5.91. The van der Waals surface area contributed by atoms with Gasteiger partial charge < -0.3 is 0 Å². The molecule has 0 unspecified atom stereocenters. The van der Waals surface area contributed by atoms with E-state index in [1.54, 1.807) is 18.2 Å². The Kier molecular flexibility index (Phi) is 4.06. The number of rotatable bonds is 3. The summed E-state index contributed by atoms with van der Waals surface area (Å²) in [7, 11) is -3.63. The molecular weight excluding hydrogens is 324 g/mol. The first-order valence-corrected chi connectivity index (χ1v) is 9.00. The molecule has 0 aliphatic heterocycles. The minimum absolute atomic E-state index is 0.281. The summed E-state index contributed by atoms with van der Waals surface area (Å²) in [6.07, 6.45) is 4.45. The zero-order chi connectivity index (χ0) is 15.7. The van der Waals surface area contributed by atoms with Crippen LogP contribution in [0, 0.1) is 0 Å². The van der Waals surface area contributed by atoms with Crippen LogP contribution in [0.4, 0.5) is 0 Å². The Morgan fingerprint density at radius 2 is 1.95 bits per heavy atom. The number of benzene rings is 1. The Bertz CT molecular complexity index is 830. The van der Waals surface area contributed by atoms with Crippen LogP contribution in [0.1, 0.15) is 36.0 Å². The standard InChI is InChI=1S/C15H15ClN2O3S/c16-10-5-6-12-13(7-8-17-14(12)9-10)15(19)18-22(20,21)11-3-1-2-4-11/h5-9,11H,1-4H2,(H,18,19). The minimum atomic E-state index is -3.63. The van der Waals surface area contributed by atoms with E-state index in [0.29, 0.717) is 28.8 Å². The van der Waals surface area contributed by atoms with E-state index < -0.39 is 21.2 Å². The molecule has 1 fully saturated rings. The Balaban J connectivity index is 1.92. The molecule has 0 spiro atoms. The number of nitrogens with one attached hydrogen (secondary N) is 1. The van der Waals surface area contributed by atoms with Gasteiger partial charge in [-0.3, -0.25) is 9.78 Å². The lowest BCUT2D eigenvalue weighted by atomic mass is 10.1. The lowest BCUT2D eigenvalue weighted by Gasteiger charge is -2.13. The monoisotopic (exact) mass is 338 g/mol. The summed E-state index contributed by atoms with van der Waals surface area (Å²) in [5.41, 5.74) is 0.835. The average Bonchev–Trinajstić information content (AvgIpc) is 3.00. The summed E-state index contributed by atoms with van der Waals surface area (Å²) in [5.74, 6) is -0.623. The van der Waals surface area contributed by atoms with E-state index in [1.807, 2.05) is 0 Å². The van der Waals surface area contributed by atoms with Gasteiger partial charge in [0.1, 0.15) is 0 Å². The molecule has 0 atom stereocenters. The number of aromatic nitrogens is 1. The van der Waals surface area contributed by atoms with Gasteiger partial charge in [0, 0.05) is 16.6 Å². The van der Waals surface area contributed by atoms with Gasteiger partial charge >= 0.3 is 0 Å². The predicted molar refractivity (Wildman–Crippen MR) is 85.4 cm³/mol. The van der Waals surface area contributed by atoms with E-state index in [2.05, 4.69) is 9.71 Å². The summed E-state index contributed by atoms with van der Waals surface area (Å²) < 4.78 is 26.7. The third kappa shape index (κ3) is 2.94. The molecule has 0 bridgehead atoms. The van der Waals surface area contributed by atoms with Crippen LogP contribution in [-0.2, 0) is 10.0 Å². The van der Waals surface area contributed by atoms with E-state index in [-0.39, 0.29) is 5.56 Å². The van der Waals surface area contributed by atoms with Crippen LogP contribution in [0.5, 0.6) is 0 Å². The van der Waals surface area contributed by atoms with Gasteiger partial charge in [0.05, 0.1) is 16.3 Å². The molecule has 1 N–H and O–H groups in total. The second-order valence-corrected chi connectivity index (χ2v) is 7.80. The number of hydrogen-bond donors (Lipinski definition) is 1. The van der Waals surface area contributed by atoms with Crippen molar-refractivity contribution in [1.29, 1.82) is 0 Å². The normalized spacial score (nSPS) is 16.0. The van der Waals surface area contributed by atoms with Crippen molar-refractivity contribution in [3.8, 4) is 0 Å². The highest BCUT2D eigenvalue weighted by Crippen LogP contribution is 2.25. The Labute approximate surface area is 133 Å². The maximum atomic E-state index is 12.4. The first-order chi connectivity index (χ1) is 10.5. The topological polar surface area (TPSA) is 76.1 Å². The van der Waals surface area contributed by atoms with Crippen LogP contribution >= 0.6 is 11.6 Å². The maximum absolute atomic E-state index is 12.4. The third-order valence-corrected chi connectivity index (χ3v) is 5.98. The fraction of sp³-hybridized carbons (Fsp3) is 0.333. The van der Waals surface area contributed by atoms with Crippen molar-refractivity contribution in [2.45, 2.75) is 30.9 Å². The summed E-state index contributed by atoms with van der Waals surface area (Å²) in [6.45, 7) is 0. The van der Waals surface area contributed by atoms with E-state index >= 15 is 0 Å². The predicted octanol–water partition coefficient (Wildman–Crippen LogP) is 2.89. The van der Waals surface area contributed by atoms with Gasteiger partial charge in [-0.15, -0.1) is 0 Å². The van der Waals surface area contributed by atoms with Gasteiger partial charge in [-0.05, 0) is 31.0 Å². The van der Waals surface area contributed by atoms with E-state index in [9.17, 15) is 13.2 Å². The second-order valence-electron chi connectivity index (χ2n) is 5.40. The number of hydrogen-bond acceptors (Lipinski definition) is 4. The van der Waals surface area contributed by atoms with E-state index in [4.69, 9.17) is 11.6 Å². The maximum Gasteiger partial charge on any atom is 0.265 e. The molecule has 116 valence electrons. The number of halogens is 1. The van der Waals surface area contributed by atoms with Crippen LogP contribution in [0.25, 0.3) is 10.9 Å². The largest absolute Gasteiger partial charge is 0.268 e. The molecule has 1 aliphatic carbocycles. The van der Waals surface area contributed by atoms with Crippen molar-refractivity contribution in [2.24, 2.45) is 0 Å². The molecule has 1 aromatic heterocycles. The molecule has 0 saturated heterocycles. The molecular formula is C15H15ClN2O3S. The number of carbonyl (C=O) groups is 1. The Morgan fingerprint density at radius 3 is 2.68 bits per heavy atom. The number of amides is 1. The zero-order valence-electron chi connectivity index (χ0n) is 11.8. The molecule has 2 aromatic rings. The highest BCUT2D eigenvalue weighted by atomic mass is 35.5. The molecule has 22 heavy (non-hydrogen) atoms. The molecule has 1 aliphatic rings. The highest BCUT2D eigenvalue weighted by molar-refractivity contribution is 7.90. The first kappa shape index (κ1) is 15.2. The van der Waals surface area contributed by atoms with Gasteiger partial charge in [0.2, 0.25) is 10.0 Å². The molecule has 1 aromatic carbocycles. The van der Waals surface area contributed by atoms with Gasteiger partial charge in [-0.25, -0.2) is 13.1 Å². The summed E-state index contributed by atoms with van der Waals surface area (Å²) in [4.78, 5) is 16.5. The van der Waals surface area contributed by atoms with Crippen LogP contribution in [-0.4, -0.2) is 24.6 Å². The lowest BCUT2D eigenvalue weighted by Crippen LogP contribution is -2.37. The zero-order valence-corrected chi connectivity index (χ0v) is 13.3. The highest BCUT2D eigenvalue weighted by Gasteiger charge is 2.30. The number of fused-ring (bicyclic) bond motifs is 1. The van der Waals surface area contributed by atoms with Crippen LogP contribution in [0.2, 0.25) is 5.02 Å². The van der Waals surface area contributed by atoms with E-state index in [0.717, 1.165) is 12.8 Å². The van der Waals surface area contributed by atoms with Crippen LogP contribution in [0.3, 0.4) is 0 Å². The van der Waals surface area contributed by atoms with Crippen molar-refractivity contribution in [3.63, 3.8) is 0 Å². The van der Waals surface area contributed by atoms with Crippen molar-refractivity contribution in [3.05, 3.63) is 41.0 Å². The molecule has 1 amide bonds. The summed E-state index contributed by atoms with van der Waals surface area (Å²) in [6, 6.07) is 6.46. The molecule has 3 rings (SSSR count). The number of carbonyl (C=O) groups excluding carboxylic acids is 1.